The van der Waals surface area contributed by atoms with Crippen LogP contribution in [0.15, 0.2) is 48.5 Å². The van der Waals surface area contributed by atoms with E-state index in [9.17, 15) is 9.59 Å². The van der Waals surface area contributed by atoms with Crippen LogP contribution >= 0.6 is 0 Å². The fourth-order valence-electron chi connectivity index (χ4n) is 2.31. The van der Waals surface area contributed by atoms with Crippen molar-refractivity contribution in [2.75, 3.05) is 7.11 Å². The summed E-state index contributed by atoms with van der Waals surface area (Å²) in [6, 6.07) is 14.3. The Kier molecular flexibility index (Phi) is 4.94. The molecule has 2 aromatic rings. The van der Waals surface area contributed by atoms with Crippen LogP contribution in [0.25, 0.3) is 0 Å². The van der Waals surface area contributed by atoms with Gasteiger partial charge in [-0.1, -0.05) is 24.3 Å². The van der Waals surface area contributed by atoms with Crippen molar-refractivity contribution in [2.45, 2.75) is 19.9 Å². The Hall–Kier alpha value is -2.62. The molecule has 4 nitrogen and oxygen atoms in total. The molecule has 0 aliphatic carbocycles. The molecule has 4 heteroatoms. The summed E-state index contributed by atoms with van der Waals surface area (Å²) in [6.07, 6.45) is 0. The van der Waals surface area contributed by atoms with Gasteiger partial charge in [-0.05, 0) is 49.2 Å². The van der Waals surface area contributed by atoms with Crippen molar-refractivity contribution < 1.29 is 14.3 Å². The highest BCUT2D eigenvalue weighted by Gasteiger charge is 2.13. The van der Waals surface area contributed by atoms with Crippen LogP contribution in [0.5, 0.6) is 0 Å². The normalized spacial score (nSPS) is 11.6. The van der Waals surface area contributed by atoms with E-state index in [-0.39, 0.29) is 11.9 Å². The molecule has 2 aromatic carbocycles. The first-order chi connectivity index (χ1) is 10.5. The highest BCUT2D eigenvalue weighted by atomic mass is 16.5. The van der Waals surface area contributed by atoms with Crippen LogP contribution in [0.4, 0.5) is 0 Å². The van der Waals surface area contributed by atoms with Crippen LogP contribution in [0.3, 0.4) is 0 Å². The monoisotopic (exact) mass is 297 g/mol. The van der Waals surface area contributed by atoms with Gasteiger partial charge in [-0.25, -0.2) is 4.79 Å². The molecule has 114 valence electrons. The fraction of sp³-hybridized carbons (Fsp3) is 0.222. The molecule has 0 aliphatic rings. The van der Waals surface area contributed by atoms with E-state index >= 15 is 0 Å². The Morgan fingerprint density at radius 1 is 1.00 bits per heavy atom. The van der Waals surface area contributed by atoms with E-state index in [4.69, 9.17) is 0 Å². The lowest BCUT2D eigenvalue weighted by molar-refractivity contribution is 0.0600. The van der Waals surface area contributed by atoms with Gasteiger partial charge in [-0.3, -0.25) is 4.79 Å². The Balaban J connectivity index is 2.09. The second-order valence-corrected chi connectivity index (χ2v) is 5.12. The predicted octanol–water partition coefficient (Wildman–Crippen LogP) is 3.27. The van der Waals surface area contributed by atoms with Crippen LogP contribution in [-0.4, -0.2) is 19.0 Å². The lowest BCUT2D eigenvalue weighted by Gasteiger charge is -2.16. The number of amides is 1. The van der Waals surface area contributed by atoms with Gasteiger partial charge in [0.1, 0.15) is 0 Å². The minimum atomic E-state index is -0.416. The summed E-state index contributed by atoms with van der Waals surface area (Å²) in [5.74, 6) is -0.590. The lowest BCUT2D eigenvalue weighted by atomic mass is 10.0. The molecule has 0 saturated carbocycles. The smallest absolute Gasteiger partial charge is 0.337 e. The zero-order valence-corrected chi connectivity index (χ0v) is 12.9. The maximum Gasteiger partial charge on any atom is 0.337 e. The molecule has 1 N–H and O–H groups in total. The third-order valence-corrected chi connectivity index (χ3v) is 3.57. The molecule has 0 heterocycles. The van der Waals surface area contributed by atoms with E-state index in [2.05, 4.69) is 10.1 Å². The van der Waals surface area contributed by atoms with Gasteiger partial charge in [0.25, 0.3) is 5.91 Å². The minimum absolute atomic E-state index is 0.0889. The molecule has 0 saturated heterocycles. The van der Waals surface area contributed by atoms with E-state index in [1.165, 1.54) is 7.11 Å². The third-order valence-electron chi connectivity index (χ3n) is 3.57. The average Bonchev–Trinajstić information content (AvgIpc) is 2.54. The summed E-state index contributed by atoms with van der Waals surface area (Å²) >= 11 is 0. The highest BCUT2D eigenvalue weighted by molar-refractivity contribution is 5.96. The molecule has 0 bridgehead atoms. The Morgan fingerprint density at radius 3 is 2.18 bits per heavy atom. The number of carbonyl (C=O) groups excluding carboxylic acids is 2. The number of aryl methyl sites for hydroxylation is 1. The third kappa shape index (κ3) is 3.52. The average molecular weight is 297 g/mol. The number of carbonyl (C=O) groups is 2. The number of benzene rings is 2. The van der Waals surface area contributed by atoms with E-state index in [0.29, 0.717) is 11.1 Å². The summed E-state index contributed by atoms with van der Waals surface area (Å²) < 4.78 is 4.63. The molecule has 22 heavy (non-hydrogen) atoms. The molecular weight excluding hydrogens is 278 g/mol. The maximum absolute atomic E-state index is 12.3. The van der Waals surface area contributed by atoms with E-state index in [1.54, 1.807) is 24.3 Å². The molecular formula is C18H19NO3. The molecule has 0 aliphatic heterocycles. The van der Waals surface area contributed by atoms with Gasteiger partial charge in [-0.2, -0.15) is 0 Å². The molecule has 1 unspecified atom stereocenters. The van der Waals surface area contributed by atoms with E-state index in [1.807, 2.05) is 38.1 Å². The lowest BCUT2D eigenvalue weighted by Crippen LogP contribution is -2.27. The van der Waals surface area contributed by atoms with Crippen LogP contribution in [0.2, 0.25) is 0 Å². The number of ether oxygens (including phenoxy) is 1. The first kappa shape index (κ1) is 15.8. The van der Waals surface area contributed by atoms with Crippen LogP contribution in [0, 0.1) is 6.92 Å². The van der Waals surface area contributed by atoms with Gasteiger partial charge < -0.3 is 10.1 Å². The van der Waals surface area contributed by atoms with Gasteiger partial charge in [0, 0.05) is 5.56 Å². The summed E-state index contributed by atoms with van der Waals surface area (Å²) in [4.78, 5) is 23.6. The number of hydrogen-bond acceptors (Lipinski definition) is 3. The van der Waals surface area contributed by atoms with E-state index < -0.39 is 5.97 Å². The molecule has 1 amide bonds. The predicted molar refractivity (Wildman–Crippen MR) is 84.8 cm³/mol. The summed E-state index contributed by atoms with van der Waals surface area (Å²) in [6.45, 7) is 3.96. The van der Waals surface area contributed by atoms with Crippen molar-refractivity contribution in [3.05, 3.63) is 70.8 Å². The molecule has 0 aromatic heterocycles. The number of rotatable bonds is 4. The van der Waals surface area contributed by atoms with E-state index in [0.717, 1.165) is 11.1 Å². The maximum atomic E-state index is 12.3. The first-order valence-electron chi connectivity index (χ1n) is 7.07. The largest absolute Gasteiger partial charge is 0.465 e. The van der Waals surface area contributed by atoms with Crippen LogP contribution < -0.4 is 5.32 Å². The zero-order valence-electron chi connectivity index (χ0n) is 12.9. The van der Waals surface area contributed by atoms with Gasteiger partial charge in [0.2, 0.25) is 0 Å². The highest BCUT2D eigenvalue weighted by Crippen LogP contribution is 2.17. The SMILES string of the molecule is COC(=O)c1ccc(C(=O)NC(C)c2ccccc2C)cc1. The Labute approximate surface area is 130 Å². The zero-order chi connectivity index (χ0) is 16.1. The molecule has 0 radical (unpaired) electrons. The van der Waals surface area contributed by atoms with Crippen molar-refractivity contribution in [1.29, 1.82) is 0 Å². The minimum Gasteiger partial charge on any atom is -0.465 e. The van der Waals surface area contributed by atoms with Gasteiger partial charge >= 0.3 is 5.97 Å². The van der Waals surface area contributed by atoms with Crippen molar-refractivity contribution in [3.8, 4) is 0 Å². The van der Waals surface area contributed by atoms with Crippen molar-refractivity contribution >= 4 is 11.9 Å². The summed E-state index contributed by atoms with van der Waals surface area (Å²) in [5, 5.41) is 2.96. The summed E-state index contributed by atoms with van der Waals surface area (Å²) in [5.41, 5.74) is 3.15. The van der Waals surface area contributed by atoms with Crippen LogP contribution in [-0.2, 0) is 4.74 Å². The standard InChI is InChI=1S/C18H19NO3/c1-12-6-4-5-7-16(12)13(2)19-17(20)14-8-10-15(11-9-14)18(21)22-3/h4-11,13H,1-3H3,(H,19,20). The second-order valence-electron chi connectivity index (χ2n) is 5.12. The number of esters is 1. The quantitative estimate of drug-likeness (QED) is 0.881. The van der Waals surface area contributed by atoms with Crippen molar-refractivity contribution in [3.63, 3.8) is 0 Å². The number of nitrogens with one attached hydrogen (secondary N) is 1. The molecule has 1 atom stereocenters. The molecule has 0 spiro atoms. The Bertz CT molecular complexity index is 677. The fourth-order valence-corrected chi connectivity index (χ4v) is 2.31. The van der Waals surface area contributed by atoms with Gasteiger partial charge in [0.05, 0.1) is 18.7 Å². The summed E-state index contributed by atoms with van der Waals surface area (Å²) in [7, 11) is 1.33. The van der Waals surface area contributed by atoms with Crippen LogP contribution in [0.1, 0.15) is 44.8 Å². The van der Waals surface area contributed by atoms with Crippen molar-refractivity contribution in [2.24, 2.45) is 0 Å². The first-order valence-corrected chi connectivity index (χ1v) is 7.07. The van der Waals surface area contributed by atoms with Crippen molar-refractivity contribution in [1.82, 2.24) is 5.32 Å². The molecule has 0 fully saturated rings. The number of hydrogen-bond donors (Lipinski definition) is 1. The second kappa shape index (κ2) is 6.89. The Morgan fingerprint density at radius 2 is 1.59 bits per heavy atom. The van der Waals surface area contributed by atoms with Gasteiger partial charge in [0.15, 0.2) is 0 Å². The topological polar surface area (TPSA) is 55.4 Å². The number of methoxy groups -OCH3 is 1. The van der Waals surface area contributed by atoms with Gasteiger partial charge in [-0.15, -0.1) is 0 Å². The molecule has 2 rings (SSSR count).